The van der Waals surface area contributed by atoms with Crippen molar-refractivity contribution in [3.63, 3.8) is 0 Å². The maximum absolute atomic E-state index is 13.8. The lowest BCUT2D eigenvalue weighted by atomic mass is 10.0. The topological polar surface area (TPSA) is 61.8 Å². The van der Waals surface area contributed by atoms with Crippen molar-refractivity contribution in [2.24, 2.45) is 0 Å². The summed E-state index contributed by atoms with van der Waals surface area (Å²) in [7, 11) is 0. The van der Waals surface area contributed by atoms with E-state index in [-0.39, 0.29) is 5.75 Å². The summed E-state index contributed by atoms with van der Waals surface area (Å²) in [6.45, 7) is 5.86. The third-order valence-electron chi connectivity index (χ3n) is 3.06. The van der Waals surface area contributed by atoms with Crippen molar-refractivity contribution < 1.29 is 23.4 Å². The summed E-state index contributed by atoms with van der Waals surface area (Å²) in [4.78, 5) is 24.0. The molecule has 0 saturated carbocycles. The van der Waals surface area contributed by atoms with Crippen LogP contribution in [0.4, 0.5) is 9.18 Å². The Labute approximate surface area is 133 Å². The summed E-state index contributed by atoms with van der Waals surface area (Å²) in [5.41, 5.74) is -0.632. The van der Waals surface area contributed by atoms with Gasteiger partial charge in [-0.1, -0.05) is 18.2 Å². The van der Waals surface area contributed by atoms with E-state index in [1.54, 1.807) is 32.9 Å². The molecule has 124 valence electrons. The Morgan fingerprint density at radius 2 is 2.04 bits per heavy atom. The second kappa shape index (κ2) is 6.91. The molecular formula is C17H19FO5. The van der Waals surface area contributed by atoms with Crippen LogP contribution < -0.4 is 10.2 Å². The fourth-order valence-corrected chi connectivity index (χ4v) is 2.09. The minimum absolute atomic E-state index is 0.366. The zero-order valence-electron chi connectivity index (χ0n) is 13.3. The Morgan fingerprint density at radius 1 is 1.30 bits per heavy atom. The Morgan fingerprint density at radius 3 is 2.65 bits per heavy atom. The largest absolute Gasteiger partial charge is 0.514 e. The van der Waals surface area contributed by atoms with E-state index >= 15 is 0 Å². The van der Waals surface area contributed by atoms with E-state index in [4.69, 9.17) is 14.2 Å². The highest BCUT2D eigenvalue weighted by molar-refractivity contribution is 5.74. The van der Waals surface area contributed by atoms with Gasteiger partial charge in [-0.3, -0.25) is 4.79 Å². The first-order chi connectivity index (χ1) is 10.8. The smallest absolute Gasteiger partial charge is 0.428 e. The Balaban J connectivity index is 2.45. The van der Waals surface area contributed by atoms with Gasteiger partial charge in [-0.25, -0.2) is 9.18 Å². The zero-order chi connectivity index (χ0) is 17.0. The molecule has 0 atom stereocenters. The Kier molecular flexibility index (Phi) is 5.15. The normalized spacial score (nSPS) is 14.9. The van der Waals surface area contributed by atoms with Gasteiger partial charge in [0.2, 0.25) is 0 Å². The van der Waals surface area contributed by atoms with Crippen LogP contribution in [0.2, 0.25) is 0 Å². The molecule has 0 amide bonds. The van der Waals surface area contributed by atoms with Crippen molar-refractivity contribution in [2.45, 2.75) is 32.8 Å². The third-order valence-corrected chi connectivity index (χ3v) is 3.06. The summed E-state index contributed by atoms with van der Waals surface area (Å²) in [5, 5.41) is 0. The van der Waals surface area contributed by atoms with E-state index in [9.17, 15) is 14.0 Å². The highest BCUT2D eigenvalue weighted by Crippen LogP contribution is 2.27. The van der Waals surface area contributed by atoms with Gasteiger partial charge in [0.1, 0.15) is 5.60 Å². The predicted molar refractivity (Wildman–Crippen MR) is 82.9 cm³/mol. The van der Waals surface area contributed by atoms with Crippen LogP contribution in [0.15, 0.2) is 29.1 Å². The highest BCUT2D eigenvalue weighted by atomic mass is 19.1. The molecule has 0 fully saturated rings. The first-order valence-electron chi connectivity index (χ1n) is 7.29. The van der Waals surface area contributed by atoms with Gasteiger partial charge in [-0.05, 0) is 38.8 Å². The van der Waals surface area contributed by atoms with Crippen molar-refractivity contribution in [1.29, 1.82) is 0 Å². The van der Waals surface area contributed by atoms with Gasteiger partial charge in [0.15, 0.2) is 11.6 Å². The minimum atomic E-state index is -1.05. The average molecular weight is 322 g/mol. The number of carbonyl (C=O) groups is 1. The van der Waals surface area contributed by atoms with Gasteiger partial charge in [-0.15, -0.1) is 0 Å². The van der Waals surface area contributed by atoms with E-state index in [0.29, 0.717) is 25.2 Å². The molecule has 0 unspecified atom stereocenters. The second-order valence-electron chi connectivity index (χ2n) is 6.07. The third kappa shape index (κ3) is 4.63. The molecule has 0 aliphatic carbocycles. The van der Waals surface area contributed by atoms with E-state index in [1.165, 1.54) is 6.07 Å². The number of ether oxygens (including phenoxy) is 3. The van der Waals surface area contributed by atoms with Crippen LogP contribution in [0.5, 0.6) is 5.75 Å². The maximum atomic E-state index is 13.8. The predicted octanol–water partition coefficient (Wildman–Crippen LogP) is 3.30. The zero-order valence-corrected chi connectivity index (χ0v) is 13.3. The lowest BCUT2D eigenvalue weighted by Crippen LogP contribution is -2.27. The van der Waals surface area contributed by atoms with Gasteiger partial charge >= 0.3 is 6.16 Å². The maximum Gasteiger partial charge on any atom is 0.514 e. The Hall–Kier alpha value is -2.21. The average Bonchev–Trinajstić information content (AvgIpc) is 2.60. The molecule has 1 aliphatic heterocycles. The number of rotatable bonds is 2. The molecule has 2 rings (SSSR count). The van der Waals surface area contributed by atoms with Crippen LogP contribution in [0.25, 0.3) is 5.57 Å². The number of hydrogen-bond donors (Lipinski definition) is 0. The van der Waals surface area contributed by atoms with Crippen LogP contribution in [-0.4, -0.2) is 25.0 Å². The van der Waals surface area contributed by atoms with Crippen molar-refractivity contribution in [2.75, 3.05) is 13.2 Å². The molecule has 0 spiro atoms. The first kappa shape index (κ1) is 17.1. The van der Waals surface area contributed by atoms with Crippen LogP contribution >= 0.6 is 0 Å². The molecular weight excluding hydrogens is 303 g/mol. The quantitative estimate of drug-likeness (QED) is 0.782. The molecule has 0 saturated heterocycles. The van der Waals surface area contributed by atoms with Crippen LogP contribution in [0.1, 0.15) is 32.8 Å². The summed E-state index contributed by atoms with van der Waals surface area (Å²) in [6, 6.07) is 3.99. The van der Waals surface area contributed by atoms with Crippen LogP contribution in [0.3, 0.4) is 0 Å². The summed E-state index contributed by atoms with van der Waals surface area (Å²) in [6.07, 6.45) is 1.27. The minimum Gasteiger partial charge on any atom is -0.428 e. The molecule has 0 bridgehead atoms. The number of hydrogen-bond acceptors (Lipinski definition) is 5. The molecule has 1 aliphatic rings. The van der Waals surface area contributed by atoms with Gasteiger partial charge in [0.25, 0.3) is 5.43 Å². The van der Waals surface area contributed by atoms with Crippen molar-refractivity contribution >= 4 is 11.7 Å². The fourth-order valence-electron chi connectivity index (χ4n) is 2.09. The standard InChI is InChI=1S/C17H19FO5/c1-17(2,3)23-16(20)22-15-12(11-7-9-21-10-8-11)5-4-6-13(18)14(15)19/h4-7H,8-10H2,1-3H3. The van der Waals surface area contributed by atoms with Gasteiger partial charge in [0, 0.05) is 5.56 Å². The highest BCUT2D eigenvalue weighted by Gasteiger charge is 2.23. The number of carbonyl (C=O) groups excluding carboxylic acids is 1. The van der Waals surface area contributed by atoms with Gasteiger partial charge in [0.05, 0.1) is 13.2 Å². The number of halogens is 1. The molecule has 0 aromatic heterocycles. The molecule has 5 nitrogen and oxygen atoms in total. The van der Waals surface area contributed by atoms with Gasteiger partial charge < -0.3 is 14.2 Å². The van der Waals surface area contributed by atoms with E-state index in [0.717, 1.165) is 11.6 Å². The second-order valence-corrected chi connectivity index (χ2v) is 6.07. The van der Waals surface area contributed by atoms with Crippen LogP contribution in [0, 0.1) is 5.82 Å². The first-order valence-corrected chi connectivity index (χ1v) is 7.29. The van der Waals surface area contributed by atoms with Crippen molar-refractivity contribution in [3.8, 4) is 5.75 Å². The van der Waals surface area contributed by atoms with E-state index in [2.05, 4.69) is 0 Å². The molecule has 1 heterocycles. The molecule has 6 heteroatoms. The summed E-state index contributed by atoms with van der Waals surface area (Å²) < 4.78 is 29.1. The van der Waals surface area contributed by atoms with Crippen molar-refractivity contribution in [1.82, 2.24) is 0 Å². The molecule has 23 heavy (non-hydrogen) atoms. The molecule has 1 aromatic carbocycles. The SMILES string of the molecule is CC(C)(C)OC(=O)Oc1c(C2=CCOCC2)cccc(F)c1=O. The summed E-state index contributed by atoms with van der Waals surface area (Å²) in [5.74, 6) is -1.36. The fraction of sp³-hybridized carbons (Fsp3) is 0.412. The van der Waals surface area contributed by atoms with Gasteiger partial charge in [-0.2, -0.15) is 0 Å². The Bertz CT molecular complexity index is 688. The van der Waals surface area contributed by atoms with E-state index < -0.39 is 23.0 Å². The molecule has 1 aromatic rings. The molecule has 0 N–H and O–H groups in total. The summed E-state index contributed by atoms with van der Waals surface area (Å²) >= 11 is 0. The lowest BCUT2D eigenvalue weighted by Gasteiger charge is -2.19. The van der Waals surface area contributed by atoms with Crippen molar-refractivity contribution in [3.05, 3.63) is 45.9 Å². The van der Waals surface area contributed by atoms with Crippen LogP contribution in [-0.2, 0) is 9.47 Å². The monoisotopic (exact) mass is 322 g/mol. The van der Waals surface area contributed by atoms with E-state index in [1.807, 2.05) is 0 Å². The molecule has 0 radical (unpaired) electrons. The lowest BCUT2D eigenvalue weighted by molar-refractivity contribution is 0.0203.